The molecule has 96 valence electrons. The fourth-order valence-corrected chi connectivity index (χ4v) is 5.42. The lowest BCUT2D eigenvalue weighted by Crippen LogP contribution is -2.29. The van der Waals surface area contributed by atoms with Gasteiger partial charge in [-0.2, -0.15) is 0 Å². The largest absolute Gasteiger partial charge is 0.497 e. The van der Waals surface area contributed by atoms with Crippen LogP contribution in [0.5, 0.6) is 5.75 Å². The van der Waals surface area contributed by atoms with E-state index in [-0.39, 0.29) is 0 Å². The van der Waals surface area contributed by atoms with Crippen molar-refractivity contribution in [1.29, 1.82) is 0 Å². The molecule has 1 aromatic carbocycles. The second-order valence-electron chi connectivity index (χ2n) is 4.66. The fourth-order valence-electron chi connectivity index (χ4n) is 1.97. The van der Waals surface area contributed by atoms with Gasteiger partial charge >= 0.3 is 0 Å². The van der Waals surface area contributed by atoms with E-state index in [0.29, 0.717) is 27.0 Å². The Morgan fingerprint density at radius 2 is 1.47 bits per heavy atom. The van der Waals surface area contributed by atoms with E-state index in [2.05, 4.69) is 56.2 Å². The lowest BCUT2D eigenvalue weighted by molar-refractivity contribution is 0.414. The minimum atomic E-state index is 0.403. The molecule has 0 aliphatic heterocycles. The third-order valence-corrected chi connectivity index (χ3v) is 6.75. The first-order valence-corrected chi connectivity index (χ1v) is 9.95. The molecule has 1 nitrogen and oxygen atoms in total. The second-order valence-corrected chi connectivity index (χ2v) is 9.43. The number of hydrogen-bond donors (Lipinski definition) is 0. The van der Waals surface area contributed by atoms with Crippen LogP contribution in [0.2, 0.25) is 0 Å². The van der Waals surface area contributed by atoms with Gasteiger partial charge in [-0.25, -0.2) is 0 Å². The average Bonchev–Trinajstić information content (AvgIpc) is 2.29. The van der Waals surface area contributed by atoms with Crippen LogP contribution in [0.4, 0.5) is 0 Å². The van der Waals surface area contributed by atoms with Gasteiger partial charge in [0.2, 0.25) is 0 Å². The van der Waals surface area contributed by atoms with Gasteiger partial charge in [0, 0.05) is 5.56 Å². The summed E-state index contributed by atoms with van der Waals surface area (Å²) < 4.78 is 5.22. The first-order chi connectivity index (χ1) is 7.97. The van der Waals surface area contributed by atoms with Crippen LogP contribution in [0, 0.1) is 0 Å². The molecule has 1 aromatic rings. The summed E-state index contributed by atoms with van der Waals surface area (Å²) in [5.74, 6) is 0.944. The highest BCUT2D eigenvalue weighted by molar-refractivity contribution is 7.99. The van der Waals surface area contributed by atoms with E-state index in [1.54, 1.807) is 7.11 Å². The van der Waals surface area contributed by atoms with E-state index in [1.807, 2.05) is 0 Å². The molecule has 2 unspecified atom stereocenters. The van der Waals surface area contributed by atoms with Crippen molar-refractivity contribution in [3.8, 4) is 5.75 Å². The normalized spacial score (nSPS) is 15.1. The number of ether oxygens (including phenoxy) is 1. The average molecular weight is 272 g/mol. The Morgan fingerprint density at radius 3 is 1.82 bits per heavy atom. The Balaban J connectivity index is 2.97. The van der Waals surface area contributed by atoms with E-state index in [9.17, 15) is 0 Å². The van der Waals surface area contributed by atoms with Crippen LogP contribution in [0.15, 0.2) is 24.3 Å². The van der Waals surface area contributed by atoms with Crippen molar-refractivity contribution >= 4 is 21.8 Å². The quantitative estimate of drug-likeness (QED) is 0.749. The molecule has 0 heterocycles. The molecule has 1 rings (SSSR count). The van der Waals surface area contributed by atoms with Crippen molar-refractivity contribution in [3.63, 3.8) is 0 Å². The molecule has 3 heteroatoms. The predicted octanol–water partition coefficient (Wildman–Crippen LogP) is 2.88. The smallest absolute Gasteiger partial charge is 0.189 e. The van der Waals surface area contributed by atoms with Gasteiger partial charge in [-0.3, -0.25) is 0 Å². The van der Waals surface area contributed by atoms with Gasteiger partial charge in [0.1, 0.15) is 5.75 Å². The van der Waals surface area contributed by atoms with Crippen molar-refractivity contribution in [2.75, 3.05) is 32.1 Å². The Hall–Kier alpha value is -0.280. The molecule has 17 heavy (non-hydrogen) atoms. The molecule has 0 saturated carbocycles. The summed E-state index contributed by atoms with van der Waals surface area (Å²) in [5, 5.41) is 1.40. The van der Waals surface area contributed by atoms with Gasteiger partial charge < -0.3 is 4.74 Å². The van der Waals surface area contributed by atoms with E-state index in [1.165, 1.54) is 5.56 Å². The van der Waals surface area contributed by atoms with E-state index in [0.717, 1.165) is 11.0 Å². The van der Waals surface area contributed by atoms with Gasteiger partial charge in [0.25, 0.3) is 0 Å². The second kappa shape index (κ2) is 6.60. The first kappa shape index (κ1) is 14.8. The molecule has 0 amide bonds. The highest BCUT2D eigenvalue weighted by Crippen LogP contribution is 2.30. The zero-order chi connectivity index (χ0) is 13.0. The zero-order valence-corrected chi connectivity index (χ0v) is 13.3. The number of benzene rings is 1. The van der Waals surface area contributed by atoms with Crippen LogP contribution in [0.1, 0.15) is 17.7 Å². The van der Waals surface area contributed by atoms with Crippen LogP contribution < -0.4 is 4.74 Å². The fraction of sp³-hybridized carbons (Fsp3) is 0.571. The standard InChI is InChI=1S/C14H24OS2/c1-11(16(3)4)14(17(5)6)12-7-9-13(15-2)10-8-12/h7-11,14H,1-6H3/q+2. The summed E-state index contributed by atoms with van der Waals surface area (Å²) in [6.07, 6.45) is 9.37. The Bertz CT molecular complexity index is 333. The molecule has 0 radical (unpaired) electrons. The minimum absolute atomic E-state index is 0.403. The molecular formula is C14H24OS2+2. The zero-order valence-electron chi connectivity index (χ0n) is 11.7. The molecule has 0 N–H and O–H groups in total. The molecule has 2 atom stereocenters. The molecule has 0 bridgehead atoms. The van der Waals surface area contributed by atoms with Crippen molar-refractivity contribution in [2.24, 2.45) is 0 Å². The highest BCUT2D eigenvalue weighted by atomic mass is 32.2. The monoisotopic (exact) mass is 272 g/mol. The first-order valence-electron chi connectivity index (χ1n) is 5.74. The summed E-state index contributed by atoms with van der Waals surface area (Å²) >= 11 is 0. The highest BCUT2D eigenvalue weighted by Gasteiger charge is 2.37. The van der Waals surface area contributed by atoms with E-state index >= 15 is 0 Å². The molecule has 0 spiro atoms. The van der Waals surface area contributed by atoms with Crippen molar-refractivity contribution in [1.82, 2.24) is 0 Å². The third-order valence-electron chi connectivity index (χ3n) is 3.12. The Kier molecular flexibility index (Phi) is 5.74. The van der Waals surface area contributed by atoms with Gasteiger partial charge in [0.05, 0.1) is 32.1 Å². The molecule has 0 saturated heterocycles. The van der Waals surface area contributed by atoms with Crippen LogP contribution in [-0.4, -0.2) is 37.4 Å². The maximum atomic E-state index is 5.22. The van der Waals surface area contributed by atoms with Gasteiger partial charge in [-0.1, -0.05) is 12.1 Å². The lowest BCUT2D eigenvalue weighted by atomic mass is 10.1. The maximum Gasteiger partial charge on any atom is 0.189 e. The summed E-state index contributed by atoms with van der Waals surface area (Å²) in [4.78, 5) is 0. The topological polar surface area (TPSA) is 9.23 Å². The third kappa shape index (κ3) is 3.85. The Labute approximate surface area is 112 Å². The minimum Gasteiger partial charge on any atom is -0.497 e. The van der Waals surface area contributed by atoms with Gasteiger partial charge in [0.15, 0.2) is 10.5 Å². The van der Waals surface area contributed by atoms with Gasteiger partial charge in [-0.15, -0.1) is 0 Å². The van der Waals surface area contributed by atoms with Gasteiger partial charge in [-0.05, 0) is 40.8 Å². The van der Waals surface area contributed by atoms with Crippen molar-refractivity contribution in [3.05, 3.63) is 29.8 Å². The number of hydrogen-bond acceptors (Lipinski definition) is 1. The van der Waals surface area contributed by atoms with E-state index < -0.39 is 0 Å². The van der Waals surface area contributed by atoms with Crippen LogP contribution in [0.25, 0.3) is 0 Å². The predicted molar refractivity (Wildman–Crippen MR) is 83.6 cm³/mol. The molecule has 0 fully saturated rings. The van der Waals surface area contributed by atoms with Crippen LogP contribution in [-0.2, 0) is 21.8 Å². The Morgan fingerprint density at radius 1 is 0.941 bits per heavy atom. The summed E-state index contributed by atoms with van der Waals surface area (Å²) in [6, 6.07) is 8.59. The molecular weight excluding hydrogens is 248 g/mol. The molecule has 0 aliphatic rings. The maximum absolute atomic E-state index is 5.22. The van der Waals surface area contributed by atoms with E-state index in [4.69, 9.17) is 4.74 Å². The van der Waals surface area contributed by atoms with Crippen LogP contribution in [0.3, 0.4) is 0 Å². The van der Waals surface area contributed by atoms with Crippen LogP contribution >= 0.6 is 0 Å². The summed E-state index contributed by atoms with van der Waals surface area (Å²) in [6.45, 7) is 2.38. The van der Waals surface area contributed by atoms with Crippen molar-refractivity contribution in [2.45, 2.75) is 17.4 Å². The van der Waals surface area contributed by atoms with Crippen molar-refractivity contribution < 1.29 is 4.74 Å². The number of methoxy groups -OCH3 is 1. The lowest BCUT2D eigenvalue weighted by Gasteiger charge is -2.19. The molecule has 0 aliphatic carbocycles. The molecule has 0 aromatic heterocycles. The summed E-state index contributed by atoms with van der Waals surface area (Å²) in [7, 11) is 2.58. The summed E-state index contributed by atoms with van der Waals surface area (Å²) in [5.41, 5.74) is 1.45. The SMILES string of the molecule is COc1ccc(C(C(C)[S+](C)C)[S+](C)C)cc1. The number of rotatable bonds is 5.